The van der Waals surface area contributed by atoms with Gasteiger partial charge in [0.05, 0.1) is 0 Å². The third-order valence-corrected chi connectivity index (χ3v) is 2.53. The summed E-state index contributed by atoms with van der Waals surface area (Å²) in [6, 6.07) is 0. The fourth-order valence-corrected chi connectivity index (χ4v) is 1.91. The van der Waals surface area contributed by atoms with Crippen molar-refractivity contribution in [3.8, 4) is 0 Å². The topological polar surface area (TPSA) is 0 Å². The second-order valence-corrected chi connectivity index (χ2v) is 3.22. The molecule has 0 aromatic rings. The van der Waals surface area contributed by atoms with Crippen LogP contribution in [0, 0.1) is 12.8 Å². The van der Waals surface area contributed by atoms with Crippen molar-refractivity contribution in [2.24, 2.45) is 5.92 Å². The number of hydrogen-bond donors (Lipinski definition) is 0. The normalized spacial score (nSPS) is 22.2. The molecule has 0 aromatic carbocycles. The Morgan fingerprint density at radius 1 is 1.07 bits per heavy atom. The van der Waals surface area contributed by atoms with Crippen molar-refractivity contribution in [2.75, 3.05) is 0 Å². The van der Waals surface area contributed by atoms with Gasteiger partial charge in [-0.25, -0.2) is 0 Å². The van der Waals surface area contributed by atoms with Crippen LogP contribution in [0.15, 0.2) is 23.3 Å². The Hall–Kier alpha value is 1.23. The Morgan fingerprint density at radius 2 is 1.64 bits per heavy atom. The van der Waals surface area contributed by atoms with E-state index in [0.29, 0.717) is 5.92 Å². The molecule has 2 aliphatic rings. The van der Waals surface area contributed by atoms with Crippen molar-refractivity contribution >= 4 is 0 Å². The molecule has 78 valence electrons. The van der Waals surface area contributed by atoms with Crippen LogP contribution >= 0.6 is 0 Å². The van der Waals surface area contributed by atoms with Crippen molar-refractivity contribution in [3.63, 3.8) is 0 Å². The number of hydrogen-bond acceptors (Lipinski definition) is 0. The van der Waals surface area contributed by atoms with Gasteiger partial charge in [-0.15, -0.1) is 12.0 Å². The van der Waals surface area contributed by atoms with E-state index in [9.17, 15) is 0 Å². The smallest absolute Gasteiger partial charge is 1.00 e. The average molecular weight is 331 g/mol. The molecule has 0 spiro atoms. The quantitative estimate of drug-likeness (QED) is 0.388. The van der Waals surface area contributed by atoms with Crippen molar-refractivity contribution in [1.29, 1.82) is 0 Å². The van der Waals surface area contributed by atoms with Crippen LogP contribution in [-0.2, 0) is 26.2 Å². The molecule has 0 saturated heterocycles. The largest absolute Gasteiger partial charge is 4.00 e. The van der Waals surface area contributed by atoms with Gasteiger partial charge in [-0.05, 0) is 25.7 Å². The fraction of sp³-hybridized carbons (Fsp3) is 0.500. The first-order chi connectivity index (χ1) is 4.88. The van der Waals surface area contributed by atoms with Crippen LogP contribution in [0.2, 0.25) is 0 Å². The summed E-state index contributed by atoms with van der Waals surface area (Å²) >= 11 is 0. The molecule has 1 unspecified atom stereocenters. The molecule has 4 heteroatoms. The first kappa shape index (κ1) is 20.6. The van der Waals surface area contributed by atoms with E-state index in [1.807, 2.05) is 0 Å². The summed E-state index contributed by atoms with van der Waals surface area (Å²) in [6.07, 6.45) is 9.87. The first-order valence-electron chi connectivity index (χ1n) is 4.11. The summed E-state index contributed by atoms with van der Waals surface area (Å²) in [5.41, 5.74) is 3.21. The molecule has 14 heavy (non-hydrogen) atoms. The fourth-order valence-electron chi connectivity index (χ4n) is 1.91. The average Bonchev–Trinajstić information content (AvgIpc) is 2.34. The Morgan fingerprint density at radius 3 is 2.21 bits per heavy atom. The van der Waals surface area contributed by atoms with Crippen molar-refractivity contribution < 1.29 is 63.4 Å². The Kier molecular flexibility index (Phi) is 13.9. The summed E-state index contributed by atoms with van der Waals surface area (Å²) in [4.78, 5) is 0. The molecule has 0 heterocycles. The van der Waals surface area contributed by atoms with Crippen molar-refractivity contribution in [1.82, 2.24) is 0 Å². The van der Waals surface area contributed by atoms with E-state index < -0.39 is 0 Å². The Balaban J connectivity index is -0.000000302. The zero-order chi connectivity index (χ0) is 6.97. The predicted octanol–water partition coefficient (Wildman–Crippen LogP) is -6.11. The van der Waals surface area contributed by atoms with Crippen LogP contribution in [0.4, 0.5) is 0 Å². The third-order valence-electron chi connectivity index (χ3n) is 2.53. The van der Waals surface area contributed by atoms with Gasteiger partial charge in [0.1, 0.15) is 0 Å². The molecule has 0 nitrogen and oxygen atoms in total. The molecular formula is C10H13Cl3Zr. The molecule has 0 radical (unpaired) electrons. The SMILES string of the molecule is [CH2-]C1C=CC2=C1CCCC2.[Cl-].[Cl-].[Cl-].[Zr+4]. The standard InChI is InChI=1S/C10H13.3ClH.Zr/c1-8-6-7-9-4-2-3-5-10(8)9;;;;/h6-8H,1-5H2;3*1H;/q-1;;;;+4/p-3. The zero-order valence-electron chi connectivity index (χ0n) is 7.90. The maximum atomic E-state index is 4.08. The van der Waals surface area contributed by atoms with Gasteiger partial charge in [-0.2, -0.15) is 0 Å². The van der Waals surface area contributed by atoms with E-state index in [1.54, 1.807) is 11.1 Å². The molecule has 0 fully saturated rings. The molecule has 1 atom stereocenters. The molecular weight excluding hydrogens is 318 g/mol. The minimum atomic E-state index is 0. The van der Waals surface area contributed by atoms with Gasteiger partial charge in [0.2, 0.25) is 0 Å². The van der Waals surface area contributed by atoms with Gasteiger partial charge in [-0.1, -0.05) is 17.2 Å². The molecule has 0 amide bonds. The summed E-state index contributed by atoms with van der Waals surface area (Å²) in [7, 11) is 0. The van der Waals surface area contributed by atoms with Crippen LogP contribution in [0.1, 0.15) is 25.7 Å². The summed E-state index contributed by atoms with van der Waals surface area (Å²) < 4.78 is 0. The maximum absolute atomic E-state index is 4.08. The van der Waals surface area contributed by atoms with Crippen molar-refractivity contribution in [2.45, 2.75) is 25.7 Å². The molecule has 2 aliphatic carbocycles. The third kappa shape index (κ3) is 4.39. The van der Waals surface area contributed by atoms with Gasteiger partial charge < -0.3 is 44.1 Å². The molecule has 0 bridgehead atoms. The minimum absolute atomic E-state index is 0. The molecule has 0 N–H and O–H groups in total. The minimum Gasteiger partial charge on any atom is -1.00 e. The van der Waals surface area contributed by atoms with Gasteiger partial charge in [0.25, 0.3) is 0 Å². The van der Waals surface area contributed by atoms with Crippen LogP contribution in [0.5, 0.6) is 0 Å². The van der Waals surface area contributed by atoms with E-state index in [2.05, 4.69) is 19.1 Å². The molecule has 0 aromatic heterocycles. The van der Waals surface area contributed by atoms with Gasteiger partial charge in [0.15, 0.2) is 0 Å². The van der Waals surface area contributed by atoms with E-state index in [4.69, 9.17) is 0 Å². The van der Waals surface area contributed by atoms with Crippen LogP contribution in [0.25, 0.3) is 0 Å². The summed E-state index contributed by atoms with van der Waals surface area (Å²) in [5, 5.41) is 0. The second kappa shape index (κ2) is 9.46. The molecule has 0 aliphatic heterocycles. The van der Waals surface area contributed by atoms with Crippen LogP contribution in [-0.4, -0.2) is 0 Å². The van der Waals surface area contributed by atoms with Crippen LogP contribution in [0.3, 0.4) is 0 Å². The molecule has 0 saturated carbocycles. The van der Waals surface area contributed by atoms with Gasteiger partial charge in [-0.3, -0.25) is 0 Å². The monoisotopic (exact) mass is 328 g/mol. The number of rotatable bonds is 0. The molecule has 2 rings (SSSR count). The van der Waals surface area contributed by atoms with Crippen molar-refractivity contribution in [3.05, 3.63) is 30.2 Å². The van der Waals surface area contributed by atoms with Gasteiger partial charge >= 0.3 is 26.2 Å². The second-order valence-electron chi connectivity index (χ2n) is 3.22. The van der Waals surface area contributed by atoms with E-state index in [1.165, 1.54) is 25.7 Å². The van der Waals surface area contributed by atoms with E-state index >= 15 is 0 Å². The van der Waals surface area contributed by atoms with E-state index in [-0.39, 0.29) is 63.4 Å². The Labute approximate surface area is 124 Å². The number of allylic oxidation sites excluding steroid dienone is 4. The summed E-state index contributed by atoms with van der Waals surface area (Å²) in [6.45, 7) is 4.08. The summed E-state index contributed by atoms with van der Waals surface area (Å²) in [5.74, 6) is 0.510. The predicted molar refractivity (Wildman–Crippen MR) is 43.5 cm³/mol. The first-order valence-corrected chi connectivity index (χ1v) is 4.11. The van der Waals surface area contributed by atoms with Gasteiger partial charge in [0, 0.05) is 0 Å². The van der Waals surface area contributed by atoms with E-state index in [0.717, 1.165) is 0 Å². The number of halogens is 3. The Bertz CT molecular complexity index is 211. The maximum Gasteiger partial charge on any atom is 4.00 e. The van der Waals surface area contributed by atoms with Crippen LogP contribution < -0.4 is 37.2 Å². The zero-order valence-corrected chi connectivity index (χ0v) is 12.6.